The van der Waals surface area contributed by atoms with Crippen LogP contribution in [0.1, 0.15) is 24.2 Å². The summed E-state index contributed by atoms with van der Waals surface area (Å²) < 4.78 is 31.7. The second kappa shape index (κ2) is 8.11. The van der Waals surface area contributed by atoms with E-state index in [-0.39, 0.29) is 11.6 Å². The van der Waals surface area contributed by atoms with Gasteiger partial charge in [-0.15, -0.1) is 0 Å². The maximum Gasteiger partial charge on any atom is 0.359 e. The van der Waals surface area contributed by atoms with Crippen LogP contribution in [0.3, 0.4) is 0 Å². The van der Waals surface area contributed by atoms with Crippen molar-refractivity contribution in [3.63, 3.8) is 0 Å². The number of hydrogen-bond acceptors (Lipinski definition) is 4. The second-order valence-electron chi connectivity index (χ2n) is 4.77. The van der Waals surface area contributed by atoms with Crippen molar-refractivity contribution in [1.82, 2.24) is 10.2 Å². The van der Waals surface area contributed by atoms with E-state index in [1.807, 2.05) is 0 Å². The zero-order chi connectivity index (χ0) is 16.8. The van der Waals surface area contributed by atoms with Crippen LogP contribution >= 0.6 is 0 Å². The second-order valence-corrected chi connectivity index (χ2v) is 6.22. The van der Waals surface area contributed by atoms with Crippen LogP contribution in [0.4, 0.5) is 5.69 Å². The molecule has 0 aliphatic carbocycles. The minimum absolute atomic E-state index is 0.215. The smallest absolute Gasteiger partial charge is 0.351 e. The summed E-state index contributed by atoms with van der Waals surface area (Å²) in [4.78, 5) is 14.2. The number of nitrogens with zero attached hydrogens (tertiary/aromatic N) is 2. The lowest BCUT2D eigenvalue weighted by molar-refractivity contribution is 0.0949. The lowest BCUT2D eigenvalue weighted by Gasteiger charge is -2.18. The Morgan fingerprint density at radius 1 is 1.18 bits per heavy atom. The first-order valence-corrected chi connectivity index (χ1v) is 8.51. The van der Waals surface area contributed by atoms with E-state index in [4.69, 9.17) is 4.55 Å². The van der Waals surface area contributed by atoms with Crippen molar-refractivity contribution in [2.24, 2.45) is 0 Å². The van der Waals surface area contributed by atoms with Crippen molar-refractivity contribution < 1.29 is 17.8 Å². The summed E-state index contributed by atoms with van der Waals surface area (Å²) in [6, 6.07) is 5.97. The van der Waals surface area contributed by atoms with Gasteiger partial charge in [-0.3, -0.25) is 13.7 Å². The largest absolute Gasteiger partial charge is 0.359 e. The van der Waals surface area contributed by atoms with Crippen LogP contribution in [0.25, 0.3) is 0 Å². The van der Waals surface area contributed by atoms with Crippen LogP contribution in [0.2, 0.25) is 0 Å². The summed E-state index contributed by atoms with van der Waals surface area (Å²) >= 11 is 0. The Morgan fingerprint density at radius 2 is 1.73 bits per heavy atom. The molecule has 2 N–H and O–H groups in total. The molecule has 0 aliphatic heterocycles. The lowest BCUT2D eigenvalue weighted by atomic mass is 10.2. The van der Waals surface area contributed by atoms with Crippen molar-refractivity contribution in [1.29, 1.82) is 0 Å². The van der Waals surface area contributed by atoms with E-state index in [0.29, 0.717) is 12.1 Å². The summed E-state index contributed by atoms with van der Waals surface area (Å²) in [5.74, 6) is -0.215. The normalized spacial score (nSPS) is 11.5. The maximum absolute atomic E-state index is 12.0. The third-order valence-corrected chi connectivity index (χ3v) is 4.35. The number of likely N-dealkylation sites (N-methyl/N-ethyl adjacent to an activating group) is 1. The Balaban J connectivity index is 2.61. The molecule has 0 spiro atoms. The van der Waals surface area contributed by atoms with Gasteiger partial charge in [0.15, 0.2) is 0 Å². The van der Waals surface area contributed by atoms with Crippen LogP contribution in [0.15, 0.2) is 24.3 Å². The SMILES string of the molecule is CCN(CC)CCNC(=O)c1ccc(N(C)S(=O)(=O)O)cc1. The van der Waals surface area contributed by atoms with Gasteiger partial charge in [-0.2, -0.15) is 8.42 Å². The molecule has 1 aromatic carbocycles. The topological polar surface area (TPSA) is 90.0 Å². The van der Waals surface area contributed by atoms with E-state index in [9.17, 15) is 13.2 Å². The fraction of sp³-hybridized carbons (Fsp3) is 0.500. The molecule has 0 bridgehead atoms. The van der Waals surface area contributed by atoms with Crippen LogP contribution in [-0.2, 0) is 10.3 Å². The Morgan fingerprint density at radius 3 is 2.18 bits per heavy atom. The monoisotopic (exact) mass is 329 g/mol. The lowest BCUT2D eigenvalue weighted by Crippen LogP contribution is -2.34. The summed E-state index contributed by atoms with van der Waals surface area (Å²) in [7, 11) is -3.06. The van der Waals surface area contributed by atoms with Crippen molar-refractivity contribution in [2.45, 2.75) is 13.8 Å². The predicted molar refractivity (Wildman–Crippen MR) is 86.5 cm³/mol. The number of rotatable bonds is 8. The molecule has 22 heavy (non-hydrogen) atoms. The summed E-state index contributed by atoms with van der Waals surface area (Å²) in [6.45, 7) is 7.33. The summed E-state index contributed by atoms with van der Waals surface area (Å²) in [5.41, 5.74) is 0.717. The summed E-state index contributed by atoms with van der Waals surface area (Å²) in [6.07, 6.45) is 0. The number of carbonyl (C=O) groups is 1. The molecule has 0 saturated carbocycles. The molecule has 0 atom stereocenters. The zero-order valence-electron chi connectivity index (χ0n) is 13.1. The quantitative estimate of drug-likeness (QED) is 0.694. The van der Waals surface area contributed by atoms with Gasteiger partial charge >= 0.3 is 10.3 Å². The van der Waals surface area contributed by atoms with Crippen LogP contribution in [-0.4, -0.2) is 57.0 Å². The molecule has 8 heteroatoms. The fourth-order valence-electron chi connectivity index (χ4n) is 1.93. The van der Waals surface area contributed by atoms with Gasteiger partial charge in [-0.25, -0.2) is 0 Å². The predicted octanol–water partition coefficient (Wildman–Crippen LogP) is 0.997. The molecular formula is C14H23N3O4S. The Hall–Kier alpha value is -1.64. The highest BCUT2D eigenvalue weighted by Gasteiger charge is 2.14. The molecule has 0 unspecified atom stereocenters. The van der Waals surface area contributed by atoms with E-state index in [1.54, 1.807) is 0 Å². The van der Waals surface area contributed by atoms with Crippen molar-refractivity contribution in [2.75, 3.05) is 37.5 Å². The molecule has 0 radical (unpaired) electrons. The van der Waals surface area contributed by atoms with E-state index >= 15 is 0 Å². The van der Waals surface area contributed by atoms with Gasteiger partial charge in [0.05, 0.1) is 5.69 Å². The Labute approximate surface area is 131 Å². The number of benzene rings is 1. The number of carbonyl (C=O) groups excluding carboxylic acids is 1. The van der Waals surface area contributed by atoms with Gasteiger partial charge in [0.25, 0.3) is 5.91 Å². The first-order valence-electron chi connectivity index (χ1n) is 7.11. The fourth-order valence-corrected chi connectivity index (χ4v) is 2.31. The molecule has 0 fully saturated rings. The molecular weight excluding hydrogens is 306 g/mol. The Kier molecular flexibility index (Phi) is 6.79. The summed E-state index contributed by atoms with van der Waals surface area (Å²) in [5, 5.41) is 2.82. The Bertz CT molecular complexity index is 583. The number of amides is 1. The molecule has 0 aromatic heterocycles. The molecule has 0 aliphatic rings. The third-order valence-electron chi connectivity index (χ3n) is 3.45. The van der Waals surface area contributed by atoms with Crippen LogP contribution in [0, 0.1) is 0 Å². The van der Waals surface area contributed by atoms with Gasteiger partial charge in [0, 0.05) is 25.7 Å². The number of anilines is 1. The molecule has 1 aromatic rings. The third kappa shape index (κ3) is 5.28. The van der Waals surface area contributed by atoms with E-state index < -0.39 is 10.3 Å². The first kappa shape index (κ1) is 18.4. The van der Waals surface area contributed by atoms with Crippen LogP contribution in [0.5, 0.6) is 0 Å². The van der Waals surface area contributed by atoms with Gasteiger partial charge in [0.1, 0.15) is 0 Å². The highest BCUT2D eigenvalue weighted by molar-refractivity contribution is 7.87. The number of hydrogen-bond donors (Lipinski definition) is 2. The molecule has 0 heterocycles. The highest BCUT2D eigenvalue weighted by Crippen LogP contribution is 2.16. The molecule has 0 saturated heterocycles. The average molecular weight is 329 g/mol. The standard InChI is InChI=1S/C14H23N3O4S/c1-4-17(5-2)11-10-15-14(18)12-6-8-13(9-7-12)16(3)22(19,20)21/h6-9H,4-5,10-11H2,1-3H3,(H,15,18)(H,19,20,21). The van der Waals surface area contributed by atoms with Gasteiger partial charge in [-0.1, -0.05) is 13.8 Å². The van der Waals surface area contributed by atoms with E-state index in [0.717, 1.165) is 23.9 Å². The number of nitrogens with one attached hydrogen (secondary N) is 1. The average Bonchev–Trinajstić information content (AvgIpc) is 2.50. The molecule has 124 valence electrons. The van der Waals surface area contributed by atoms with Crippen molar-refractivity contribution in [3.8, 4) is 0 Å². The van der Waals surface area contributed by atoms with Gasteiger partial charge < -0.3 is 10.2 Å². The molecule has 7 nitrogen and oxygen atoms in total. The maximum atomic E-state index is 12.0. The molecule has 1 rings (SSSR count). The molecule has 1 amide bonds. The zero-order valence-corrected chi connectivity index (χ0v) is 13.9. The minimum atomic E-state index is -4.29. The van der Waals surface area contributed by atoms with Crippen LogP contribution < -0.4 is 9.62 Å². The first-order chi connectivity index (χ1) is 10.3. The van der Waals surface area contributed by atoms with Gasteiger partial charge in [-0.05, 0) is 37.4 Å². The highest BCUT2D eigenvalue weighted by atomic mass is 32.2. The van der Waals surface area contributed by atoms with E-state index in [1.165, 1.54) is 31.3 Å². The minimum Gasteiger partial charge on any atom is -0.351 e. The van der Waals surface area contributed by atoms with E-state index in [2.05, 4.69) is 24.1 Å². The van der Waals surface area contributed by atoms with Crippen molar-refractivity contribution >= 4 is 21.9 Å². The van der Waals surface area contributed by atoms with Gasteiger partial charge in [0.2, 0.25) is 0 Å². The van der Waals surface area contributed by atoms with Crippen molar-refractivity contribution in [3.05, 3.63) is 29.8 Å².